The van der Waals surface area contributed by atoms with Crippen molar-refractivity contribution in [3.05, 3.63) is 102 Å². The molecule has 0 saturated carbocycles. The van der Waals surface area contributed by atoms with E-state index in [2.05, 4.69) is 15.0 Å². The van der Waals surface area contributed by atoms with Crippen molar-refractivity contribution in [2.75, 3.05) is 16.7 Å². The number of para-hydroxylation sites is 1. The molecule has 1 atom stereocenters. The van der Waals surface area contributed by atoms with E-state index in [1.807, 2.05) is 47.2 Å². The van der Waals surface area contributed by atoms with Crippen molar-refractivity contribution in [1.82, 2.24) is 15.0 Å². The lowest BCUT2D eigenvalue weighted by Gasteiger charge is -2.25. The van der Waals surface area contributed by atoms with E-state index in [0.29, 0.717) is 5.69 Å². The van der Waals surface area contributed by atoms with Crippen LogP contribution in [0.1, 0.15) is 5.56 Å². The Hall–Kier alpha value is -4.15. The molecule has 0 fully saturated rings. The van der Waals surface area contributed by atoms with Crippen molar-refractivity contribution in [2.45, 2.75) is 12.5 Å². The summed E-state index contributed by atoms with van der Waals surface area (Å²) in [7, 11) is -2.74. The number of carbonyl (C=O) groups excluding carboxylic acids is 2. The fourth-order valence-corrected chi connectivity index (χ4v) is 4.77. The summed E-state index contributed by atoms with van der Waals surface area (Å²) in [6.45, 7) is 0. The minimum atomic E-state index is -4.33. The highest BCUT2D eigenvalue weighted by Gasteiger charge is 2.27. The summed E-state index contributed by atoms with van der Waals surface area (Å²) in [4.78, 5) is 31.9. The lowest BCUT2D eigenvalue weighted by Crippen LogP contribution is -2.53. The average molecular weight is 538 g/mol. The van der Waals surface area contributed by atoms with Crippen LogP contribution in [-0.4, -0.2) is 38.4 Å². The molecule has 4 aromatic rings. The van der Waals surface area contributed by atoms with E-state index in [9.17, 15) is 18.0 Å². The highest BCUT2D eigenvalue weighted by molar-refractivity contribution is 7.91. The summed E-state index contributed by atoms with van der Waals surface area (Å²) in [5.41, 5.74) is 2.27. The van der Waals surface area contributed by atoms with Gasteiger partial charge in [0.05, 0.1) is 16.2 Å². The molecular formula is C26H24ClN5O4S. The van der Waals surface area contributed by atoms with Gasteiger partial charge in [-0.2, -0.15) is 8.42 Å². The summed E-state index contributed by atoms with van der Waals surface area (Å²) < 4.78 is 29.1. The van der Waals surface area contributed by atoms with Gasteiger partial charge in [-0.25, -0.2) is 9.52 Å². The maximum atomic E-state index is 13.5. The molecule has 0 spiro atoms. The van der Waals surface area contributed by atoms with Gasteiger partial charge in [0, 0.05) is 30.7 Å². The van der Waals surface area contributed by atoms with Crippen LogP contribution in [0.15, 0.2) is 91.1 Å². The Bertz CT molecular complexity index is 1530. The Kier molecular flexibility index (Phi) is 7.90. The number of halogens is 1. The maximum Gasteiger partial charge on any atom is 0.330 e. The van der Waals surface area contributed by atoms with E-state index in [1.165, 1.54) is 17.0 Å². The number of fused-ring (bicyclic) bond motifs is 1. The van der Waals surface area contributed by atoms with Crippen LogP contribution in [0.2, 0.25) is 5.02 Å². The molecule has 0 saturated heterocycles. The van der Waals surface area contributed by atoms with E-state index >= 15 is 0 Å². The van der Waals surface area contributed by atoms with Crippen LogP contribution in [0.3, 0.4) is 0 Å². The van der Waals surface area contributed by atoms with E-state index in [-0.39, 0.29) is 17.1 Å². The van der Waals surface area contributed by atoms with Crippen LogP contribution in [-0.2, 0) is 21.4 Å². The smallest absolute Gasteiger partial charge is 0.325 e. The molecule has 1 unspecified atom stereocenters. The van der Waals surface area contributed by atoms with Gasteiger partial charge in [-0.1, -0.05) is 60.1 Å². The molecule has 0 bridgehead atoms. The van der Waals surface area contributed by atoms with Gasteiger partial charge >= 0.3 is 16.2 Å². The highest BCUT2D eigenvalue weighted by atomic mass is 35.5. The van der Waals surface area contributed by atoms with Crippen LogP contribution in [0.4, 0.5) is 16.2 Å². The van der Waals surface area contributed by atoms with Crippen molar-refractivity contribution in [3.63, 3.8) is 0 Å². The number of nitrogens with one attached hydrogen (secondary N) is 3. The second-order valence-electron chi connectivity index (χ2n) is 8.18. The van der Waals surface area contributed by atoms with Crippen LogP contribution >= 0.6 is 11.6 Å². The normalized spacial score (nSPS) is 11.9. The molecular weight excluding hydrogens is 514 g/mol. The van der Waals surface area contributed by atoms with Gasteiger partial charge < -0.3 is 10.2 Å². The number of hydrogen-bond acceptors (Lipinski definition) is 5. The third-order valence-electron chi connectivity index (χ3n) is 5.54. The molecule has 11 heteroatoms. The monoisotopic (exact) mass is 537 g/mol. The Morgan fingerprint density at radius 1 is 0.973 bits per heavy atom. The molecule has 9 nitrogen and oxygen atoms in total. The minimum Gasteiger partial charge on any atom is -0.325 e. The second kappa shape index (κ2) is 11.3. The number of hydrogen-bond donors (Lipinski definition) is 3. The number of nitrogens with zero attached hydrogens (tertiary/aromatic N) is 2. The predicted molar refractivity (Wildman–Crippen MR) is 145 cm³/mol. The van der Waals surface area contributed by atoms with Crippen molar-refractivity contribution in [1.29, 1.82) is 0 Å². The first-order chi connectivity index (χ1) is 17.7. The van der Waals surface area contributed by atoms with Gasteiger partial charge in [0.2, 0.25) is 5.91 Å². The Labute approximate surface area is 219 Å². The van der Waals surface area contributed by atoms with Crippen LogP contribution in [0, 0.1) is 0 Å². The minimum absolute atomic E-state index is 0.104. The first-order valence-corrected chi connectivity index (χ1v) is 13.1. The van der Waals surface area contributed by atoms with Gasteiger partial charge in [0.15, 0.2) is 0 Å². The molecule has 3 aromatic carbocycles. The maximum absolute atomic E-state index is 13.5. The van der Waals surface area contributed by atoms with E-state index in [0.717, 1.165) is 16.5 Å². The van der Waals surface area contributed by atoms with Crippen molar-refractivity contribution >= 4 is 56.0 Å². The Morgan fingerprint density at radius 3 is 2.46 bits per heavy atom. The summed E-state index contributed by atoms with van der Waals surface area (Å²) >= 11 is 6.00. The van der Waals surface area contributed by atoms with Crippen molar-refractivity contribution in [2.24, 2.45) is 0 Å². The molecule has 4 rings (SSSR count). The van der Waals surface area contributed by atoms with Crippen LogP contribution in [0.5, 0.6) is 0 Å². The zero-order chi connectivity index (χ0) is 26.4. The Morgan fingerprint density at radius 2 is 1.70 bits per heavy atom. The largest absolute Gasteiger partial charge is 0.330 e. The topological polar surface area (TPSA) is 121 Å². The first-order valence-electron chi connectivity index (χ1n) is 11.2. The second-order valence-corrected chi connectivity index (χ2v) is 10.0. The number of aromatic nitrogens is 1. The van der Waals surface area contributed by atoms with Crippen molar-refractivity contribution in [3.8, 4) is 0 Å². The lowest BCUT2D eigenvalue weighted by atomic mass is 10.0. The molecule has 3 N–H and O–H groups in total. The zero-order valence-corrected chi connectivity index (χ0v) is 21.3. The van der Waals surface area contributed by atoms with Gasteiger partial charge in [-0.3, -0.25) is 14.5 Å². The number of anilines is 2. The number of benzene rings is 3. The third-order valence-corrected chi connectivity index (χ3v) is 6.81. The number of urea groups is 1. The first kappa shape index (κ1) is 25.9. The molecule has 0 aliphatic heterocycles. The van der Waals surface area contributed by atoms with Gasteiger partial charge in [0.25, 0.3) is 0 Å². The Balaban J connectivity index is 1.53. The van der Waals surface area contributed by atoms with Gasteiger partial charge in [0.1, 0.15) is 6.04 Å². The fraction of sp³-hybridized carbons (Fsp3) is 0.115. The molecule has 0 aliphatic carbocycles. The fourth-order valence-electron chi connectivity index (χ4n) is 3.71. The van der Waals surface area contributed by atoms with Crippen molar-refractivity contribution < 1.29 is 18.0 Å². The standard InChI is InChI=1S/C26H24ClN5O4S/c1-32(20-13-14-22-19(17-20)10-7-15-28-22)25(33)24(16-18-8-3-2-4-9-18)29-26(34)31-37(35,36)30-23-12-6-5-11-21(23)27/h2-15,17,24,30H,16H2,1H3,(H2,29,31,34). The highest BCUT2D eigenvalue weighted by Crippen LogP contribution is 2.22. The van der Waals surface area contributed by atoms with Crippen LogP contribution in [0.25, 0.3) is 10.9 Å². The summed E-state index contributed by atoms with van der Waals surface area (Å²) in [5.74, 6) is -0.432. The molecule has 1 heterocycles. The molecule has 0 radical (unpaired) electrons. The van der Waals surface area contributed by atoms with E-state index < -0.39 is 28.2 Å². The summed E-state index contributed by atoms with van der Waals surface area (Å²) in [5, 5.41) is 3.52. The summed E-state index contributed by atoms with van der Waals surface area (Å²) in [6.07, 6.45) is 1.83. The molecule has 0 aliphatic rings. The van der Waals surface area contributed by atoms with Gasteiger partial charge in [-0.05, 0) is 42.0 Å². The number of pyridine rings is 1. The lowest BCUT2D eigenvalue weighted by molar-refractivity contribution is -0.120. The molecule has 190 valence electrons. The molecule has 1 aromatic heterocycles. The van der Waals surface area contributed by atoms with Gasteiger partial charge in [-0.15, -0.1) is 0 Å². The summed E-state index contributed by atoms with van der Waals surface area (Å²) in [6, 6.07) is 22.2. The predicted octanol–water partition coefficient (Wildman–Crippen LogP) is 4.12. The number of amides is 3. The average Bonchev–Trinajstić information content (AvgIpc) is 2.88. The van der Waals surface area contributed by atoms with E-state index in [4.69, 9.17) is 11.6 Å². The zero-order valence-electron chi connectivity index (χ0n) is 19.8. The van der Waals surface area contributed by atoms with E-state index in [1.54, 1.807) is 43.6 Å². The number of likely N-dealkylation sites (N-methyl/N-ethyl adjacent to an activating group) is 1. The quantitative estimate of drug-likeness (QED) is 0.312. The number of carbonyl (C=O) groups is 2. The third kappa shape index (κ3) is 6.75. The van der Waals surface area contributed by atoms with Crippen LogP contribution < -0.4 is 19.7 Å². The SMILES string of the molecule is CN(C(=O)C(Cc1ccccc1)NC(=O)NS(=O)(=O)Nc1ccccc1Cl)c1ccc2ncccc2c1. The molecule has 3 amide bonds. The molecule has 37 heavy (non-hydrogen) atoms. The number of rotatable bonds is 8.